The van der Waals surface area contributed by atoms with Crippen molar-refractivity contribution in [2.45, 2.75) is 39.5 Å². The van der Waals surface area contributed by atoms with E-state index in [0.29, 0.717) is 34.4 Å². The third-order valence-electron chi connectivity index (χ3n) is 5.80. The van der Waals surface area contributed by atoms with E-state index in [-0.39, 0.29) is 11.9 Å². The average molecular weight is 454 g/mol. The summed E-state index contributed by atoms with van der Waals surface area (Å²) in [7, 11) is 1.61. The van der Waals surface area contributed by atoms with Gasteiger partial charge in [0.2, 0.25) is 5.91 Å². The molecule has 1 atom stereocenters. The van der Waals surface area contributed by atoms with E-state index in [9.17, 15) is 9.59 Å². The molecular weight excluding hydrogens is 426 g/mol. The number of esters is 1. The largest absolute Gasteiger partial charge is 0.497 e. The lowest BCUT2D eigenvalue weighted by atomic mass is 9.85. The molecular formula is C25H27NO5S. The molecule has 1 amide bonds. The number of hydrogen-bond donors (Lipinski definition) is 1. The first-order valence-electron chi connectivity index (χ1n) is 10.9. The highest BCUT2D eigenvalue weighted by Crippen LogP contribution is 2.40. The number of carbonyl (C=O) groups excluding carboxylic acids is 2. The van der Waals surface area contributed by atoms with E-state index in [1.165, 1.54) is 22.3 Å². The third kappa shape index (κ3) is 4.58. The molecule has 4 rings (SSSR count). The topological polar surface area (TPSA) is 77.8 Å². The summed E-state index contributed by atoms with van der Waals surface area (Å²) in [6.07, 6.45) is 6.98. The molecule has 3 aromatic rings. The van der Waals surface area contributed by atoms with Crippen LogP contribution in [0.1, 0.15) is 53.2 Å². The summed E-state index contributed by atoms with van der Waals surface area (Å²) in [4.78, 5) is 26.5. The van der Waals surface area contributed by atoms with Crippen molar-refractivity contribution in [3.05, 3.63) is 52.1 Å². The molecule has 1 N–H and O–H groups in total. The van der Waals surface area contributed by atoms with Crippen molar-refractivity contribution in [1.29, 1.82) is 0 Å². The fourth-order valence-corrected chi connectivity index (χ4v) is 5.43. The Morgan fingerprint density at radius 1 is 1.28 bits per heavy atom. The van der Waals surface area contributed by atoms with Gasteiger partial charge in [-0.05, 0) is 68.0 Å². The second-order valence-corrected chi connectivity index (χ2v) is 8.93. The van der Waals surface area contributed by atoms with Crippen LogP contribution in [0, 0.1) is 5.92 Å². The van der Waals surface area contributed by atoms with E-state index in [1.807, 2.05) is 24.3 Å². The zero-order chi connectivity index (χ0) is 22.7. The lowest BCUT2D eigenvalue weighted by molar-refractivity contribution is -0.111. The van der Waals surface area contributed by atoms with Gasteiger partial charge in [0.1, 0.15) is 22.1 Å². The van der Waals surface area contributed by atoms with Gasteiger partial charge in [-0.25, -0.2) is 4.79 Å². The van der Waals surface area contributed by atoms with Gasteiger partial charge in [-0.3, -0.25) is 4.79 Å². The summed E-state index contributed by atoms with van der Waals surface area (Å²) in [6, 6.07) is 7.38. The maximum atomic E-state index is 12.7. The van der Waals surface area contributed by atoms with Crippen LogP contribution in [-0.2, 0) is 22.4 Å². The van der Waals surface area contributed by atoms with Crippen LogP contribution in [0.5, 0.6) is 5.75 Å². The summed E-state index contributed by atoms with van der Waals surface area (Å²) >= 11 is 1.49. The van der Waals surface area contributed by atoms with E-state index in [2.05, 4.69) is 12.2 Å². The number of anilines is 1. The van der Waals surface area contributed by atoms with Crippen molar-refractivity contribution < 1.29 is 23.5 Å². The second-order valence-electron chi connectivity index (χ2n) is 7.82. The molecule has 1 aliphatic carbocycles. The predicted molar refractivity (Wildman–Crippen MR) is 127 cm³/mol. The number of nitrogens with one attached hydrogen (secondary N) is 1. The Morgan fingerprint density at radius 2 is 2.12 bits per heavy atom. The van der Waals surface area contributed by atoms with Gasteiger partial charge in [-0.2, -0.15) is 0 Å². The van der Waals surface area contributed by atoms with Gasteiger partial charge < -0.3 is 19.2 Å². The van der Waals surface area contributed by atoms with E-state index in [4.69, 9.17) is 13.9 Å². The van der Waals surface area contributed by atoms with Crippen LogP contribution in [0.4, 0.5) is 5.00 Å². The first kappa shape index (κ1) is 22.1. The molecule has 1 aliphatic rings. The SMILES string of the molecule is CCOC(=O)c1c(NC(=O)/C=C/c2cc3cc(OC)ccc3o2)sc2c1CC[C@@H](CC)C2. The molecule has 0 radical (unpaired) electrons. The minimum Gasteiger partial charge on any atom is -0.497 e. The van der Waals surface area contributed by atoms with Crippen LogP contribution in [-0.4, -0.2) is 25.6 Å². The lowest BCUT2D eigenvalue weighted by Gasteiger charge is -2.20. The summed E-state index contributed by atoms with van der Waals surface area (Å²) in [6.45, 7) is 4.27. The highest BCUT2D eigenvalue weighted by Gasteiger charge is 2.29. The monoisotopic (exact) mass is 453 g/mol. The molecule has 32 heavy (non-hydrogen) atoms. The van der Waals surface area contributed by atoms with Crippen LogP contribution < -0.4 is 10.1 Å². The molecule has 0 unspecified atom stereocenters. The Labute approximate surface area is 191 Å². The van der Waals surface area contributed by atoms with Crippen molar-refractivity contribution >= 4 is 45.3 Å². The minimum atomic E-state index is -0.370. The smallest absolute Gasteiger partial charge is 0.341 e. The lowest BCUT2D eigenvalue weighted by Crippen LogP contribution is -2.16. The van der Waals surface area contributed by atoms with Crippen LogP contribution in [0.15, 0.2) is 34.8 Å². The third-order valence-corrected chi connectivity index (χ3v) is 6.97. The Hall–Kier alpha value is -3.06. The molecule has 0 spiro atoms. The molecule has 0 fully saturated rings. The summed E-state index contributed by atoms with van der Waals surface area (Å²) < 4.78 is 16.3. The maximum Gasteiger partial charge on any atom is 0.341 e. The molecule has 0 saturated carbocycles. The van der Waals surface area contributed by atoms with Crippen LogP contribution in [0.2, 0.25) is 0 Å². The number of fused-ring (bicyclic) bond motifs is 2. The predicted octanol–water partition coefficient (Wildman–Crippen LogP) is 5.85. The van der Waals surface area contributed by atoms with Crippen molar-refractivity contribution in [2.24, 2.45) is 5.92 Å². The maximum absolute atomic E-state index is 12.7. The molecule has 1 aromatic carbocycles. The van der Waals surface area contributed by atoms with Gasteiger partial charge in [-0.15, -0.1) is 11.3 Å². The second kappa shape index (κ2) is 9.61. The number of carbonyl (C=O) groups is 2. The number of hydrogen-bond acceptors (Lipinski definition) is 6. The molecule has 2 aromatic heterocycles. The zero-order valence-corrected chi connectivity index (χ0v) is 19.3. The molecule has 168 valence electrons. The van der Waals surface area contributed by atoms with Crippen LogP contribution in [0.3, 0.4) is 0 Å². The number of benzene rings is 1. The molecule has 0 aliphatic heterocycles. The van der Waals surface area contributed by atoms with Crippen molar-refractivity contribution in [1.82, 2.24) is 0 Å². The van der Waals surface area contributed by atoms with E-state index >= 15 is 0 Å². The Kier molecular flexibility index (Phi) is 6.65. The van der Waals surface area contributed by atoms with Crippen molar-refractivity contribution in [2.75, 3.05) is 19.0 Å². The van der Waals surface area contributed by atoms with Crippen molar-refractivity contribution in [3.63, 3.8) is 0 Å². The molecule has 7 heteroatoms. The summed E-state index contributed by atoms with van der Waals surface area (Å²) in [5, 5.41) is 4.35. The van der Waals surface area contributed by atoms with Gasteiger partial charge in [0.05, 0.1) is 19.3 Å². The molecule has 2 heterocycles. The first-order chi connectivity index (χ1) is 15.5. The number of methoxy groups -OCH3 is 1. The highest BCUT2D eigenvalue weighted by atomic mass is 32.1. The minimum absolute atomic E-state index is 0.297. The highest BCUT2D eigenvalue weighted by molar-refractivity contribution is 7.17. The Balaban J connectivity index is 1.54. The number of ether oxygens (including phenoxy) is 2. The van der Waals surface area contributed by atoms with E-state index in [1.54, 1.807) is 20.1 Å². The number of furan rings is 1. The van der Waals surface area contributed by atoms with E-state index in [0.717, 1.165) is 42.4 Å². The van der Waals surface area contributed by atoms with E-state index < -0.39 is 0 Å². The van der Waals surface area contributed by atoms with Gasteiger partial charge in [0.15, 0.2) is 0 Å². The van der Waals surface area contributed by atoms with Crippen LogP contribution >= 0.6 is 11.3 Å². The fourth-order valence-electron chi connectivity index (χ4n) is 4.07. The Morgan fingerprint density at radius 3 is 2.88 bits per heavy atom. The standard InChI is InChI=1S/C25H27NO5S/c1-4-15-6-9-19-21(12-15)32-24(23(19)25(28)30-5-2)26-22(27)11-8-18-14-16-13-17(29-3)7-10-20(16)31-18/h7-8,10-11,13-15H,4-6,9,12H2,1-3H3,(H,26,27)/b11-8+/t15-/m1/s1. The normalized spacial score (nSPS) is 15.7. The van der Waals surface area contributed by atoms with Gasteiger partial charge in [-0.1, -0.05) is 13.3 Å². The van der Waals surface area contributed by atoms with Crippen LogP contribution in [0.25, 0.3) is 17.0 Å². The number of amides is 1. The summed E-state index contributed by atoms with van der Waals surface area (Å²) in [5.41, 5.74) is 2.26. The Bertz CT molecular complexity index is 1170. The quantitative estimate of drug-likeness (QED) is 0.359. The van der Waals surface area contributed by atoms with Gasteiger partial charge in [0.25, 0.3) is 0 Å². The molecule has 6 nitrogen and oxygen atoms in total. The summed E-state index contributed by atoms with van der Waals surface area (Å²) in [5.74, 6) is 1.23. The van der Waals surface area contributed by atoms with Crippen molar-refractivity contribution in [3.8, 4) is 5.75 Å². The average Bonchev–Trinajstić information content (AvgIpc) is 3.36. The zero-order valence-electron chi connectivity index (χ0n) is 18.5. The fraction of sp³-hybridized carbons (Fsp3) is 0.360. The molecule has 0 bridgehead atoms. The van der Waals surface area contributed by atoms with Gasteiger partial charge in [0, 0.05) is 16.3 Å². The van der Waals surface area contributed by atoms with Gasteiger partial charge >= 0.3 is 5.97 Å². The molecule has 0 saturated heterocycles. The number of thiophene rings is 1. The first-order valence-corrected chi connectivity index (χ1v) is 11.7. The number of rotatable bonds is 7.